The number of aryl methyl sites for hydroxylation is 2. The van der Waals surface area contributed by atoms with Gasteiger partial charge in [0.2, 0.25) is 0 Å². The minimum Gasteiger partial charge on any atom is -0.0836 e. The van der Waals surface area contributed by atoms with Crippen LogP contribution in [0, 0.1) is 0 Å². The second-order valence-electron chi connectivity index (χ2n) is 18.6. The van der Waals surface area contributed by atoms with Crippen LogP contribution in [0.15, 0.2) is 260 Å². The van der Waals surface area contributed by atoms with Crippen molar-refractivity contribution in [3.05, 3.63) is 299 Å². The van der Waals surface area contributed by atoms with Crippen molar-refractivity contribution in [1.29, 1.82) is 0 Å². The van der Waals surface area contributed by atoms with Gasteiger partial charge in [-0.3, -0.25) is 0 Å². The van der Waals surface area contributed by atoms with Gasteiger partial charge in [0.1, 0.15) is 0 Å². The van der Waals surface area contributed by atoms with Crippen LogP contribution in [0.4, 0.5) is 0 Å². The lowest BCUT2D eigenvalue weighted by Crippen LogP contribution is -2.08. The molecule has 0 saturated carbocycles. The highest BCUT2D eigenvalue weighted by molar-refractivity contribution is 5.66. The molecule has 0 amide bonds. The van der Waals surface area contributed by atoms with Crippen LogP contribution in [0.1, 0.15) is 88.3 Å². The molecule has 8 aromatic rings. The zero-order chi connectivity index (χ0) is 45.0. The molecule has 0 nitrogen and oxygen atoms in total. The lowest BCUT2D eigenvalue weighted by atomic mass is 9.80. The Bertz CT molecular complexity index is 2910. The molecular weight excluding hydrogens is 805 g/mol. The summed E-state index contributed by atoms with van der Waals surface area (Å²) in [5, 5.41) is 0. The van der Waals surface area contributed by atoms with E-state index in [2.05, 4.69) is 255 Å². The lowest BCUT2D eigenvalue weighted by Gasteiger charge is -2.24. The van der Waals surface area contributed by atoms with Crippen molar-refractivity contribution < 1.29 is 0 Å². The van der Waals surface area contributed by atoms with E-state index in [4.69, 9.17) is 0 Å². The van der Waals surface area contributed by atoms with Crippen molar-refractivity contribution in [1.82, 2.24) is 0 Å². The molecule has 67 heavy (non-hydrogen) atoms. The number of allylic oxidation sites excluding steroid dienone is 8. The standard InChI is InChI=1S/C67H60/c1-5-13-53(14-6-1)57-33-26-52(27-34-57)49-66(63-38-36-60(37-39-63)54-15-7-2-8-16-54)35-25-50-21-29-58(30-22-50)59-31-23-51(24-32-59)28-48-67(64-44-40-61(41-45-64)55-17-9-3-10-18-55)65-46-42-62(43-47-65)56-19-11-4-12-20-56/h1-19,21-24,26-27,29-34,36-40,42-47,56,61,66-67H,20,25,28,35,41,48-49H2. The average Bonchev–Trinajstić information content (AvgIpc) is 3.42. The molecule has 8 aromatic carbocycles. The summed E-state index contributed by atoms with van der Waals surface area (Å²) < 4.78 is 0. The van der Waals surface area contributed by atoms with Gasteiger partial charge in [0.25, 0.3) is 0 Å². The van der Waals surface area contributed by atoms with E-state index in [1.54, 1.807) is 0 Å². The highest BCUT2D eigenvalue weighted by atomic mass is 14.3. The van der Waals surface area contributed by atoms with E-state index in [-0.39, 0.29) is 0 Å². The van der Waals surface area contributed by atoms with Gasteiger partial charge in [0.15, 0.2) is 0 Å². The van der Waals surface area contributed by atoms with E-state index in [0.717, 1.165) is 44.9 Å². The molecule has 0 N–H and O–H groups in total. The van der Waals surface area contributed by atoms with E-state index in [0.29, 0.717) is 23.7 Å². The van der Waals surface area contributed by atoms with Gasteiger partial charge < -0.3 is 0 Å². The second kappa shape index (κ2) is 21.4. The fourth-order valence-electron chi connectivity index (χ4n) is 10.3. The summed E-state index contributed by atoms with van der Waals surface area (Å²) in [7, 11) is 0. The minimum absolute atomic E-state index is 0.351. The molecule has 10 rings (SSSR count). The normalized spacial score (nSPS) is 16.3. The summed E-state index contributed by atoms with van der Waals surface area (Å²) in [6.45, 7) is 0. The molecule has 0 aliphatic heterocycles. The summed E-state index contributed by atoms with van der Waals surface area (Å²) in [6, 6.07) is 79.0. The van der Waals surface area contributed by atoms with Gasteiger partial charge in [-0.25, -0.2) is 0 Å². The van der Waals surface area contributed by atoms with Gasteiger partial charge in [-0.15, -0.1) is 0 Å². The second-order valence-corrected chi connectivity index (χ2v) is 18.6. The van der Waals surface area contributed by atoms with Crippen LogP contribution in [0.2, 0.25) is 0 Å². The molecule has 0 bridgehead atoms. The largest absolute Gasteiger partial charge is 0.0836 e. The molecule has 0 saturated heterocycles. The third kappa shape index (κ3) is 11.1. The predicted molar refractivity (Wildman–Crippen MR) is 285 cm³/mol. The molecular formula is C67H60. The van der Waals surface area contributed by atoms with Crippen molar-refractivity contribution in [2.24, 2.45) is 0 Å². The predicted octanol–water partition coefficient (Wildman–Crippen LogP) is 17.6. The Kier molecular flexibility index (Phi) is 13.9. The van der Waals surface area contributed by atoms with Crippen molar-refractivity contribution >= 4 is 0 Å². The third-order valence-electron chi connectivity index (χ3n) is 14.3. The molecule has 4 unspecified atom stereocenters. The zero-order valence-electron chi connectivity index (χ0n) is 38.5. The van der Waals surface area contributed by atoms with E-state index >= 15 is 0 Å². The molecule has 2 aliphatic rings. The maximum atomic E-state index is 2.51. The summed E-state index contributed by atoms with van der Waals surface area (Å²) in [5.74, 6) is 1.67. The van der Waals surface area contributed by atoms with E-state index in [1.807, 2.05) is 0 Å². The van der Waals surface area contributed by atoms with Crippen LogP contribution >= 0.6 is 0 Å². The molecule has 0 fully saturated rings. The Morgan fingerprint density at radius 3 is 1.36 bits per heavy atom. The van der Waals surface area contributed by atoms with Gasteiger partial charge >= 0.3 is 0 Å². The van der Waals surface area contributed by atoms with Crippen LogP contribution in [-0.4, -0.2) is 0 Å². The van der Waals surface area contributed by atoms with Gasteiger partial charge in [-0.2, -0.15) is 0 Å². The number of rotatable bonds is 16. The first-order valence-corrected chi connectivity index (χ1v) is 24.5. The molecule has 0 radical (unpaired) electrons. The average molecular weight is 865 g/mol. The van der Waals surface area contributed by atoms with E-state index < -0.39 is 0 Å². The number of hydrogen-bond donors (Lipinski definition) is 0. The fraction of sp³-hybridized carbons (Fsp3) is 0.164. The van der Waals surface area contributed by atoms with Crippen molar-refractivity contribution in [2.45, 2.75) is 68.6 Å². The summed E-state index contributed by atoms with van der Waals surface area (Å²) in [4.78, 5) is 0. The number of hydrogen-bond acceptors (Lipinski definition) is 0. The van der Waals surface area contributed by atoms with Gasteiger partial charge in [0.05, 0.1) is 0 Å². The summed E-state index contributed by atoms with van der Waals surface area (Å²) in [5.41, 5.74) is 18.8. The molecule has 0 heterocycles. The van der Waals surface area contributed by atoms with Crippen molar-refractivity contribution in [3.63, 3.8) is 0 Å². The first-order chi connectivity index (χ1) is 33.2. The van der Waals surface area contributed by atoms with Gasteiger partial charge in [0, 0.05) is 17.8 Å². The maximum Gasteiger partial charge on any atom is 0.00892 e. The molecule has 4 atom stereocenters. The number of benzene rings is 8. The summed E-state index contributed by atoms with van der Waals surface area (Å²) in [6.07, 6.45) is 23.7. The first kappa shape index (κ1) is 43.6. The molecule has 2 aliphatic carbocycles. The van der Waals surface area contributed by atoms with E-state index in [1.165, 1.54) is 77.9 Å². The highest BCUT2D eigenvalue weighted by Crippen LogP contribution is 2.38. The fourth-order valence-corrected chi connectivity index (χ4v) is 10.3. The Hall–Kier alpha value is -7.28. The molecule has 0 heteroatoms. The topological polar surface area (TPSA) is 0 Å². The maximum absolute atomic E-state index is 2.51. The lowest BCUT2D eigenvalue weighted by molar-refractivity contribution is 0.621. The van der Waals surface area contributed by atoms with Crippen molar-refractivity contribution in [3.8, 4) is 33.4 Å². The first-order valence-electron chi connectivity index (χ1n) is 24.5. The quantitative estimate of drug-likeness (QED) is 0.0908. The Balaban J connectivity index is 0.803. The molecule has 0 aromatic heterocycles. The zero-order valence-corrected chi connectivity index (χ0v) is 38.5. The minimum atomic E-state index is 0.351. The van der Waals surface area contributed by atoms with E-state index in [9.17, 15) is 0 Å². The van der Waals surface area contributed by atoms with Crippen LogP contribution in [-0.2, 0) is 19.3 Å². The van der Waals surface area contributed by atoms with Crippen LogP contribution in [0.3, 0.4) is 0 Å². The molecule has 0 spiro atoms. The van der Waals surface area contributed by atoms with Gasteiger partial charge in [-0.1, -0.05) is 255 Å². The monoisotopic (exact) mass is 864 g/mol. The van der Waals surface area contributed by atoms with Crippen LogP contribution in [0.5, 0.6) is 0 Å². The smallest absolute Gasteiger partial charge is 0.00892 e. The van der Waals surface area contributed by atoms with Crippen LogP contribution < -0.4 is 0 Å². The van der Waals surface area contributed by atoms with Crippen LogP contribution in [0.25, 0.3) is 33.4 Å². The Morgan fingerprint density at radius 1 is 0.373 bits per heavy atom. The Morgan fingerprint density at radius 2 is 0.836 bits per heavy atom. The third-order valence-corrected chi connectivity index (χ3v) is 14.3. The van der Waals surface area contributed by atoms with Gasteiger partial charge in [-0.05, 0) is 129 Å². The summed E-state index contributed by atoms with van der Waals surface area (Å²) >= 11 is 0. The molecule has 328 valence electrons. The highest BCUT2D eigenvalue weighted by Gasteiger charge is 2.21. The SMILES string of the molecule is C1=CCC(c2ccc(C(CCc3ccc(-c4ccc(CCC(Cc5ccc(-c6ccccc6)cc5)c5ccc(-c6ccccc6)cc5)cc4)cc3)C3=CCC(c4ccccc4)C=C3)cc2)C=C1. The Labute approximate surface area is 399 Å². The van der Waals surface area contributed by atoms with Crippen molar-refractivity contribution in [2.75, 3.05) is 0 Å².